The van der Waals surface area contributed by atoms with E-state index >= 15 is 0 Å². The van der Waals surface area contributed by atoms with Crippen molar-refractivity contribution in [2.24, 2.45) is 0 Å². The topological polar surface area (TPSA) is 107 Å². The fraction of sp³-hybridized carbons (Fsp3) is 0.214. The number of methoxy groups -OCH3 is 1. The first-order chi connectivity index (χ1) is 10.1. The molecule has 0 bridgehead atoms. The van der Waals surface area contributed by atoms with Gasteiger partial charge in [0, 0.05) is 23.9 Å². The first-order valence-corrected chi connectivity index (χ1v) is 6.23. The van der Waals surface area contributed by atoms with E-state index in [9.17, 15) is 14.7 Å². The van der Waals surface area contributed by atoms with Crippen molar-refractivity contribution in [1.29, 1.82) is 0 Å². The van der Waals surface area contributed by atoms with Crippen LogP contribution in [0.4, 0.5) is 0 Å². The summed E-state index contributed by atoms with van der Waals surface area (Å²) in [5.74, 6) is -1.24. The number of carboxylic acids is 1. The zero-order chi connectivity index (χ0) is 15.2. The van der Waals surface area contributed by atoms with Crippen LogP contribution in [0.15, 0.2) is 36.8 Å². The summed E-state index contributed by atoms with van der Waals surface area (Å²) in [5, 5.41) is 13.5. The van der Waals surface area contributed by atoms with Crippen molar-refractivity contribution in [1.82, 2.24) is 15.3 Å². The molecule has 7 nitrogen and oxygen atoms in total. The van der Waals surface area contributed by atoms with Crippen molar-refractivity contribution in [3.05, 3.63) is 48.0 Å². The Morgan fingerprint density at radius 2 is 2.10 bits per heavy atom. The molecule has 1 heterocycles. The van der Waals surface area contributed by atoms with Gasteiger partial charge in [-0.1, -0.05) is 0 Å². The number of carbonyl (C=O) groups excluding carboxylic acids is 2. The maximum Gasteiger partial charge on any atom is 0.251 e. The Morgan fingerprint density at radius 3 is 2.62 bits per heavy atom. The minimum atomic E-state index is -1.36. The van der Waals surface area contributed by atoms with Gasteiger partial charge in [0.1, 0.15) is 5.75 Å². The van der Waals surface area contributed by atoms with E-state index in [1.165, 1.54) is 19.6 Å². The first kappa shape index (κ1) is 14.6. The van der Waals surface area contributed by atoms with Crippen molar-refractivity contribution in [3.8, 4) is 5.75 Å². The Morgan fingerprint density at radius 1 is 1.38 bits per heavy atom. The van der Waals surface area contributed by atoms with E-state index in [0.29, 0.717) is 17.0 Å². The van der Waals surface area contributed by atoms with Gasteiger partial charge in [-0.25, -0.2) is 4.98 Å². The number of aromatic nitrogens is 2. The molecule has 0 saturated carbocycles. The zero-order valence-electron chi connectivity index (χ0n) is 11.3. The van der Waals surface area contributed by atoms with Crippen LogP contribution in [-0.2, 0) is 11.2 Å². The number of aromatic amines is 1. The number of aliphatic carboxylic acids is 1. The summed E-state index contributed by atoms with van der Waals surface area (Å²) in [6.45, 7) is 0. The third-order valence-corrected chi connectivity index (χ3v) is 2.92. The van der Waals surface area contributed by atoms with Gasteiger partial charge in [-0.2, -0.15) is 0 Å². The second-order valence-electron chi connectivity index (χ2n) is 4.35. The van der Waals surface area contributed by atoms with Gasteiger partial charge in [0.2, 0.25) is 0 Å². The number of ether oxygens (including phenoxy) is 1. The number of hydrogen-bond acceptors (Lipinski definition) is 5. The van der Waals surface area contributed by atoms with Gasteiger partial charge >= 0.3 is 0 Å². The standard InChI is InChI=1S/C14H15N3O4/c1-21-11-4-2-9(3-5-11)13(18)17-12(14(19)20)6-10-7-15-8-16-10/h2-5,7-8,12H,6H2,1H3,(H,15,16)(H,17,18)(H,19,20)/p-1/t12-/m1/s1. The summed E-state index contributed by atoms with van der Waals surface area (Å²) in [7, 11) is 1.52. The number of hydrogen-bond donors (Lipinski definition) is 2. The molecule has 110 valence electrons. The van der Waals surface area contributed by atoms with Crippen molar-refractivity contribution < 1.29 is 19.4 Å². The van der Waals surface area contributed by atoms with Crippen LogP contribution in [-0.4, -0.2) is 35.0 Å². The lowest BCUT2D eigenvalue weighted by Gasteiger charge is -2.19. The molecule has 2 aromatic rings. The third-order valence-electron chi connectivity index (χ3n) is 2.92. The van der Waals surface area contributed by atoms with E-state index < -0.39 is 17.9 Å². The van der Waals surface area contributed by atoms with Gasteiger partial charge < -0.3 is 24.9 Å². The van der Waals surface area contributed by atoms with Gasteiger partial charge in [0.25, 0.3) is 5.91 Å². The van der Waals surface area contributed by atoms with E-state index in [2.05, 4.69) is 15.3 Å². The van der Waals surface area contributed by atoms with Crippen molar-refractivity contribution in [2.75, 3.05) is 7.11 Å². The van der Waals surface area contributed by atoms with Crippen LogP contribution in [0.5, 0.6) is 5.75 Å². The molecule has 7 heteroatoms. The lowest BCUT2D eigenvalue weighted by Crippen LogP contribution is -2.49. The van der Waals surface area contributed by atoms with Crippen molar-refractivity contribution >= 4 is 11.9 Å². The Kier molecular flexibility index (Phi) is 4.55. The summed E-state index contributed by atoms with van der Waals surface area (Å²) in [6.07, 6.45) is 3.01. The predicted molar refractivity (Wildman–Crippen MR) is 71.5 cm³/mol. The van der Waals surface area contributed by atoms with Crippen LogP contribution in [0.3, 0.4) is 0 Å². The molecule has 2 rings (SSSR count). The second kappa shape index (κ2) is 6.56. The van der Waals surface area contributed by atoms with Crippen LogP contribution < -0.4 is 15.2 Å². The highest BCUT2D eigenvalue weighted by Crippen LogP contribution is 2.11. The van der Waals surface area contributed by atoms with Crippen LogP contribution in [0.1, 0.15) is 16.1 Å². The van der Waals surface area contributed by atoms with E-state index in [0.717, 1.165) is 0 Å². The smallest absolute Gasteiger partial charge is 0.251 e. The average molecular weight is 288 g/mol. The SMILES string of the molecule is COc1ccc(C(=O)N[C@H](Cc2cnc[nH]2)C(=O)[O-])cc1. The molecule has 0 spiro atoms. The fourth-order valence-electron chi connectivity index (χ4n) is 1.79. The molecular formula is C14H14N3O4-. The summed E-state index contributed by atoms with van der Waals surface area (Å²) in [6, 6.07) is 5.21. The fourth-order valence-corrected chi connectivity index (χ4v) is 1.79. The van der Waals surface area contributed by atoms with Crippen LogP contribution >= 0.6 is 0 Å². The van der Waals surface area contributed by atoms with Crippen LogP contribution in [0.2, 0.25) is 0 Å². The highest BCUT2D eigenvalue weighted by atomic mass is 16.5. The maximum absolute atomic E-state index is 12.0. The number of H-pyrrole nitrogens is 1. The summed E-state index contributed by atoms with van der Waals surface area (Å²) in [5.41, 5.74) is 0.936. The molecule has 1 amide bonds. The largest absolute Gasteiger partial charge is 0.548 e. The molecular weight excluding hydrogens is 274 g/mol. The molecule has 21 heavy (non-hydrogen) atoms. The van der Waals surface area contributed by atoms with Crippen LogP contribution in [0.25, 0.3) is 0 Å². The lowest BCUT2D eigenvalue weighted by atomic mass is 10.1. The van der Waals surface area contributed by atoms with E-state index in [1.807, 2.05) is 0 Å². The van der Waals surface area contributed by atoms with E-state index in [4.69, 9.17) is 4.74 Å². The average Bonchev–Trinajstić information content (AvgIpc) is 2.99. The maximum atomic E-state index is 12.0. The highest BCUT2D eigenvalue weighted by Gasteiger charge is 2.16. The minimum absolute atomic E-state index is 0.0736. The molecule has 1 aromatic heterocycles. The number of rotatable bonds is 6. The molecule has 0 radical (unpaired) electrons. The summed E-state index contributed by atoms with van der Waals surface area (Å²) < 4.78 is 4.99. The molecule has 0 fully saturated rings. The van der Waals surface area contributed by atoms with E-state index in [1.54, 1.807) is 24.3 Å². The molecule has 0 unspecified atom stereocenters. The first-order valence-electron chi connectivity index (χ1n) is 6.23. The quantitative estimate of drug-likeness (QED) is 0.746. The van der Waals surface area contributed by atoms with Gasteiger partial charge in [0.05, 0.1) is 25.4 Å². The Labute approximate surface area is 121 Å². The number of benzene rings is 1. The molecule has 2 N–H and O–H groups in total. The zero-order valence-corrected chi connectivity index (χ0v) is 11.3. The minimum Gasteiger partial charge on any atom is -0.548 e. The summed E-state index contributed by atoms with van der Waals surface area (Å²) >= 11 is 0. The number of nitrogens with one attached hydrogen (secondary N) is 2. The van der Waals surface area contributed by atoms with Gasteiger partial charge in [-0.05, 0) is 24.3 Å². The molecule has 0 aliphatic carbocycles. The third kappa shape index (κ3) is 3.82. The van der Waals surface area contributed by atoms with Gasteiger partial charge in [-0.15, -0.1) is 0 Å². The number of carbonyl (C=O) groups is 2. The Hall–Kier alpha value is -2.83. The highest BCUT2D eigenvalue weighted by molar-refractivity contribution is 5.96. The number of imidazole rings is 1. The van der Waals surface area contributed by atoms with Gasteiger partial charge in [0.15, 0.2) is 0 Å². The van der Waals surface area contributed by atoms with Crippen molar-refractivity contribution in [3.63, 3.8) is 0 Å². The Balaban J connectivity index is 2.05. The predicted octanol–water partition coefficient (Wildman–Crippen LogP) is -0.491. The molecule has 0 aliphatic rings. The van der Waals surface area contributed by atoms with Crippen LogP contribution in [0, 0.1) is 0 Å². The number of amides is 1. The normalized spacial score (nSPS) is 11.7. The molecule has 0 saturated heterocycles. The summed E-state index contributed by atoms with van der Waals surface area (Å²) in [4.78, 5) is 29.7. The Bertz CT molecular complexity index is 608. The number of nitrogens with zero attached hydrogens (tertiary/aromatic N) is 1. The molecule has 1 aromatic carbocycles. The van der Waals surface area contributed by atoms with Gasteiger partial charge in [-0.3, -0.25) is 4.79 Å². The van der Waals surface area contributed by atoms with E-state index in [-0.39, 0.29) is 6.42 Å². The van der Waals surface area contributed by atoms with Crippen molar-refractivity contribution in [2.45, 2.75) is 12.5 Å². The molecule has 1 atom stereocenters. The second-order valence-corrected chi connectivity index (χ2v) is 4.35. The number of carboxylic acid groups (broad SMARTS) is 1. The molecule has 0 aliphatic heterocycles. The monoisotopic (exact) mass is 288 g/mol. The lowest BCUT2D eigenvalue weighted by molar-refractivity contribution is -0.308.